The molecule has 0 amide bonds. The number of ketones is 5. The molecule has 0 bridgehead atoms. The molecule has 0 saturated carbocycles. The Morgan fingerprint density at radius 2 is 1.10 bits per heavy atom. The Morgan fingerprint density at radius 3 is 1.47 bits per heavy atom. The van der Waals surface area contributed by atoms with E-state index in [1.54, 1.807) is 19.1 Å². The van der Waals surface area contributed by atoms with Crippen LogP contribution in [0.3, 0.4) is 0 Å². The van der Waals surface area contributed by atoms with Gasteiger partial charge >= 0.3 is 29.6 Å². The number of nitrogens with two attached hydrogens (primary N) is 1. The van der Waals surface area contributed by atoms with E-state index in [0.29, 0.717) is 37.8 Å². The number of hydrogen-bond donors (Lipinski definition) is 2. The Kier molecular flexibility index (Phi) is 40.0. The van der Waals surface area contributed by atoms with E-state index >= 15 is 0 Å². The molecule has 0 aliphatic rings. The van der Waals surface area contributed by atoms with Crippen molar-refractivity contribution in [2.75, 3.05) is 13.1 Å². The third-order valence-corrected chi connectivity index (χ3v) is 7.98. The maximum atomic E-state index is 12.3. The summed E-state index contributed by atoms with van der Waals surface area (Å²) in [7, 11) is 0. The van der Waals surface area contributed by atoms with Gasteiger partial charge in [-0.3, -0.25) is 24.0 Å². The zero-order valence-electron chi connectivity index (χ0n) is 32.7. The molecule has 10 heteroatoms. The molecule has 0 fully saturated rings. The van der Waals surface area contributed by atoms with Crippen LogP contribution < -0.4 is 40.6 Å². The molecule has 0 aliphatic carbocycles. The van der Waals surface area contributed by atoms with Gasteiger partial charge in [0.15, 0.2) is 11.6 Å². The molecule has 51 heavy (non-hydrogen) atoms. The topological polar surface area (TPSA) is 147 Å². The third-order valence-electron chi connectivity index (χ3n) is 7.98. The fourth-order valence-electron chi connectivity index (χ4n) is 4.55. The van der Waals surface area contributed by atoms with Crippen molar-refractivity contribution < 1.29 is 53.5 Å². The molecule has 8 nitrogen and oxygen atoms in total. The molecular weight excluding hydrogens is 648 g/mol. The van der Waals surface area contributed by atoms with E-state index in [2.05, 4.69) is 33.0 Å². The number of rotatable bonds is 22. The summed E-state index contributed by atoms with van der Waals surface area (Å²) in [5.41, 5.74) is 8.94. The van der Waals surface area contributed by atoms with Crippen LogP contribution in [0, 0.1) is 11.8 Å². The van der Waals surface area contributed by atoms with Crippen molar-refractivity contribution in [1.29, 1.82) is 5.26 Å². The van der Waals surface area contributed by atoms with Gasteiger partial charge in [0, 0.05) is 51.3 Å². The zero-order valence-corrected chi connectivity index (χ0v) is 34.7. The van der Waals surface area contributed by atoms with E-state index in [-0.39, 0.29) is 85.9 Å². The monoisotopic (exact) mass is 710 g/mol. The molecule has 2 aromatic carbocycles. The third kappa shape index (κ3) is 28.5. The Hall–Kier alpha value is -2.74. The average Bonchev–Trinajstić information content (AvgIpc) is 3.14. The smallest absolute Gasteiger partial charge is 0.512 e. The van der Waals surface area contributed by atoms with Crippen molar-refractivity contribution >= 4 is 37.3 Å². The number of nitrogens with zero attached hydrogens (tertiary/aromatic N) is 1. The Labute approximate surface area is 333 Å². The van der Waals surface area contributed by atoms with Crippen LogP contribution >= 0.6 is 0 Å². The summed E-state index contributed by atoms with van der Waals surface area (Å²) >= 11 is 0. The summed E-state index contributed by atoms with van der Waals surface area (Å²) in [5.74, 6) is 0.495. The number of nitrogens with one attached hydrogen (secondary N) is 1. The molecule has 0 aromatic heterocycles. The second kappa shape index (κ2) is 37.0. The quantitative estimate of drug-likeness (QED) is 0.0574. The summed E-state index contributed by atoms with van der Waals surface area (Å²) in [6, 6.07) is 15.4. The molecule has 0 aliphatic heterocycles. The maximum Gasteiger partial charge on any atom is 1.00 e. The van der Waals surface area contributed by atoms with Gasteiger partial charge in [0.05, 0.1) is 19.5 Å². The van der Waals surface area contributed by atoms with Gasteiger partial charge in [0.25, 0.3) is 0 Å². The van der Waals surface area contributed by atoms with Gasteiger partial charge in [-0.25, -0.2) is 0 Å². The van der Waals surface area contributed by atoms with Crippen molar-refractivity contribution in [2.24, 2.45) is 5.73 Å². The second-order valence-electron chi connectivity index (χ2n) is 11.9. The molecule has 2 rings (SSSR count). The fraction of sp³-hybridized carbons (Fsp3) is 0.561. The molecular formula is C41H62BN3NaO5. The van der Waals surface area contributed by atoms with Gasteiger partial charge < -0.3 is 22.9 Å². The van der Waals surface area contributed by atoms with Crippen LogP contribution in [-0.4, -0.2) is 56.5 Å². The summed E-state index contributed by atoms with van der Waals surface area (Å²) in [6.45, 7) is 17.6. The predicted molar refractivity (Wildman–Crippen MR) is 205 cm³/mol. The van der Waals surface area contributed by atoms with E-state index in [1.807, 2.05) is 43.3 Å². The van der Waals surface area contributed by atoms with Crippen molar-refractivity contribution in [1.82, 2.24) is 5.32 Å². The van der Waals surface area contributed by atoms with Crippen molar-refractivity contribution in [3.8, 4) is 0 Å². The molecule has 0 saturated heterocycles. The summed E-state index contributed by atoms with van der Waals surface area (Å²) in [6.07, 6.45) is 11.5. The Morgan fingerprint density at radius 1 is 0.667 bits per heavy atom. The first-order valence-electron chi connectivity index (χ1n) is 18.0. The van der Waals surface area contributed by atoms with E-state index in [4.69, 9.17) is 17.6 Å². The van der Waals surface area contributed by atoms with E-state index in [1.165, 1.54) is 11.1 Å². The average molecular weight is 711 g/mol. The van der Waals surface area contributed by atoms with Crippen LogP contribution in [0.5, 0.6) is 0 Å². The SMILES string of the molecule is CCC(=O)CC(=O)c1ccc(CC)cc1.CCCCCC(=O)CN.CCCCCC(=O)CNC(CC)CC(=O)c1ccc(CC)cc1.[B].[C-]#N.[Na+]. The van der Waals surface area contributed by atoms with E-state index in [0.717, 1.165) is 63.4 Å². The number of benzene rings is 2. The van der Waals surface area contributed by atoms with Crippen LogP contribution in [0.2, 0.25) is 0 Å². The Balaban J connectivity index is -0.000000341. The van der Waals surface area contributed by atoms with Gasteiger partial charge in [-0.05, 0) is 43.2 Å². The van der Waals surface area contributed by atoms with Gasteiger partial charge in [-0.15, -0.1) is 0 Å². The number of unbranched alkanes of at least 4 members (excludes halogenated alkanes) is 4. The molecule has 1 atom stereocenters. The van der Waals surface area contributed by atoms with E-state index < -0.39 is 0 Å². The largest absolute Gasteiger partial charge is 1.00 e. The number of carbonyl (C=O) groups excluding carboxylic acids is 5. The zero-order chi connectivity index (χ0) is 37.5. The van der Waals surface area contributed by atoms with Gasteiger partial charge in [-0.1, -0.05) is 116 Å². The van der Waals surface area contributed by atoms with Gasteiger partial charge in [0.1, 0.15) is 17.3 Å². The van der Waals surface area contributed by atoms with Gasteiger partial charge in [-0.2, -0.15) is 0 Å². The van der Waals surface area contributed by atoms with E-state index in [9.17, 15) is 24.0 Å². The van der Waals surface area contributed by atoms with Crippen LogP contribution in [0.1, 0.15) is 150 Å². The molecule has 3 radical (unpaired) electrons. The van der Waals surface area contributed by atoms with Crippen molar-refractivity contribution in [3.63, 3.8) is 0 Å². The number of Topliss-reactive ketones (excluding diaryl/α,β-unsaturated/α-hetero) is 5. The standard InChI is InChI=1S/C20H31NO2.C13H16O2.C7H15NO.CN.B.Na/c1-4-7-8-9-19(22)15-21-18(6-3)14-20(23)17-12-10-16(5-2)11-13-17;1-3-10-5-7-11(8-6-10)13(15)9-12(14)4-2;1-2-3-4-5-7(9)6-8;1-2;;/h10-13,18,21H,4-9,14-15H2,1-3H3;5-8H,3-4,9H2,1-2H3;2-6,8H2,1H3;;;/q;;;-1;;+1. The first kappa shape index (κ1) is 55.0. The number of carbonyl (C=O) groups is 5. The minimum absolute atomic E-state index is 0. The minimum Gasteiger partial charge on any atom is -0.512 e. The number of aryl methyl sites for hydroxylation is 2. The second-order valence-corrected chi connectivity index (χ2v) is 11.9. The molecule has 1 unspecified atom stereocenters. The minimum atomic E-state index is -0.0792. The summed E-state index contributed by atoms with van der Waals surface area (Å²) < 4.78 is 0. The molecule has 0 spiro atoms. The molecule has 3 N–H and O–H groups in total. The fourth-order valence-corrected chi connectivity index (χ4v) is 4.55. The predicted octanol–water partition coefficient (Wildman–Crippen LogP) is 4.95. The van der Waals surface area contributed by atoms with Crippen LogP contribution in [-0.2, 0) is 27.2 Å². The molecule has 275 valence electrons. The van der Waals surface area contributed by atoms with Crippen LogP contribution in [0.25, 0.3) is 0 Å². The normalized spacial score (nSPS) is 10.1. The number of hydrogen-bond acceptors (Lipinski definition) is 8. The molecule has 2 aromatic rings. The molecule has 0 heterocycles. The summed E-state index contributed by atoms with van der Waals surface area (Å²) in [5, 5.41) is 9.50. The van der Waals surface area contributed by atoms with Crippen molar-refractivity contribution in [2.45, 2.75) is 137 Å². The van der Waals surface area contributed by atoms with Gasteiger partial charge in [0.2, 0.25) is 0 Å². The van der Waals surface area contributed by atoms with Crippen LogP contribution in [0.4, 0.5) is 0 Å². The Bertz CT molecular complexity index is 1230. The van der Waals surface area contributed by atoms with Crippen LogP contribution in [0.15, 0.2) is 48.5 Å². The van der Waals surface area contributed by atoms with Crippen molar-refractivity contribution in [3.05, 3.63) is 77.4 Å². The maximum absolute atomic E-state index is 12.3. The summed E-state index contributed by atoms with van der Waals surface area (Å²) in [4.78, 5) is 57.4. The first-order chi connectivity index (χ1) is 23.6. The first-order valence-corrected chi connectivity index (χ1v) is 18.0.